The number of thiazole rings is 1. The Kier molecular flexibility index (Phi) is 9.36. The number of anilines is 3. The predicted molar refractivity (Wildman–Crippen MR) is 174 cm³/mol. The Labute approximate surface area is 256 Å². The summed E-state index contributed by atoms with van der Waals surface area (Å²) in [6.45, 7) is 0. The summed E-state index contributed by atoms with van der Waals surface area (Å²) in [4.78, 5) is 19.1. The molecule has 0 aliphatic rings. The monoisotopic (exact) mass is 620 g/mol. The van der Waals surface area contributed by atoms with Crippen molar-refractivity contribution in [1.82, 2.24) is 4.98 Å². The second-order valence-corrected chi connectivity index (χ2v) is 11.8. The minimum absolute atomic E-state index is 0.182. The number of rotatable bonds is 8. The van der Waals surface area contributed by atoms with Crippen LogP contribution in [0.5, 0.6) is 0 Å². The lowest BCUT2D eigenvalue weighted by atomic mass is 10.1. The maximum atomic E-state index is 13.6. The first kappa shape index (κ1) is 28.1. The lowest BCUT2D eigenvalue weighted by Crippen LogP contribution is -2.19. The number of para-hydroxylation sites is 1. The molecule has 0 saturated heterocycles. The maximum absolute atomic E-state index is 13.6. The van der Waals surface area contributed by atoms with Crippen LogP contribution in [0.15, 0.2) is 113 Å². The minimum atomic E-state index is -0.516. The van der Waals surface area contributed by atoms with E-state index in [0.717, 1.165) is 27.4 Å². The Morgan fingerprint density at radius 3 is 2.27 bits per heavy atom. The van der Waals surface area contributed by atoms with Crippen molar-refractivity contribution < 1.29 is 4.79 Å². The van der Waals surface area contributed by atoms with Gasteiger partial charge in [0.05, 0.1) is 10.7 Å². The first-order valence-corrected chi connectivity index (χ1v) is 15.0. The van der Waals surface area contributed by atoms with Crippen molar-refractivity contribution in [1.29, 1.82) is 0 Å². The zero-order valence-corrected chi connectivity index (χ0v) is 24.8. The molecule has 1 atom stereocenters. The molecular formula is C30H22Cl2N4OS3. The SMILES string of the molecule is O=C(Nc1nc(-c2ccc(Cl)cc2Cl)cs1)C(Sc1cccc(NC(=S)Nc2ccccc2)c1)c1ccccc1. The Morgan fingerprint density at radius 2 is 1.52 bits per heavy atom. The molecular weight excluding hydrogens is 599 g/mol. The highest BCUT2D eigenvalue weighted by Gasteiger charge is 2.23. The van der Waals surface area contributed by atoms with E-state index >= 15 is 0 Å². The largest absolute Gasteiger partial charge is 0.332 e. The quantitative estimate of drug-likeness (QED) is 0.119. The summed E-state index contributed by atoms with van der Waals surface area (Å²) in [7, 11) is 0. The van der Waals surface area contributed by atoms with Crippen LogP contribution >= 0.6 is 58.5 Å². The number of carbonyl (C=O) groups is 1. The number of benzene rings is 4. The Hall–Kier alpha value is -3.40. The molecule has 1 aromatic heterocycles. The third-order valence-electron chi connectivity index (χ3n) is 5.66. The molecule has 3 N–H and O–H groups in total. The van der Waals surface area contributed by atoms with Crippen molar-refractivity contribution >= 4 is 86.0 Å². The fraction of sp³-hybridized carbons (Fsp3) is 0.0333. The van der Waals surface area contributed by atoms with Crippen molar-refractivity contribution in [2.75, 3.05) is 16.0 Å². The van der Waals surface area contributed by atoms with E-state index in [1.165, 1.54) is 23.1 Å². The molecule has 0 aliphatic heterocycles. The molecule has 0 fully saturated rings. The Balaban J connectivity index is 1.31. The number of carbonyl (C=O) groups excluding carboxylic acids is 1. The number of amides is 1. The van der Waals surface area contributed by atoms with Gasteiger partial charge in [-0.25, -0.2) is 4.98 Å². The van der Waals surface area contributed by atoms with Gasteiger partial charge in [-0.1, -0.05) is 77.8 Å². The van der Waals surface area contributed by atoms with E-state index in [4.69, 9.17) is 35.4 Å². The van der Waals surface area contributed by atoms with Gasteiger partial charge in [-0.2, -0.15) is 0 Å². The fourth-order valence-electron chi connectivity index (χ4n) is 3.82. The third-order valence-corrected chi connectivity index (χ3v) is 8.42. The van der Waals surface area contributed by atoms with Gasteiger partial charge < -0.3 is 16.0 Å². The van der Waals surface area contributed by atoms with E-state index in [1.807, 2.05) is 96.4 Å². The highest BCUT2D eigenvalue weighted by atomic mass is 35.5. The number of nitrogens with one attached hydrogen (secondary N) is 3. The highest BCUT2D eigenvalue weighted by Crippen LogP contribution is 2.38. The molecule has 1 unspecified atom stereocenters. The van der Waals surface area contributed by atoms with Crippen molar-refractivity contribution in [2.24, 2.45) is 0 Å². The minimum Gasteiger partial charge on any atom is -0.332 e. The number of hydrogen-bond donors (Lipinski definition) is 3. The first-order chi connectivity index (χ1) is 19.4. The van der Waals surface area contributed by atoms with E-state index in [9.17, 15) is 4.79 Å². The number of nitrogens with zero attached hydrogens (tertiary/aromatic N) is 1. The number of thiocarbonyl (C=S) groups is 1. The summed E-state index contributed by atoms with van der Waals surface area (Å²) in [5, 5.41) is 12.7. The van der Waals surface area contributed by atoms with Crippen LogP contribution in [0.25, 0.3) is 11.3 Å². The van der Waals surface area contributed by atoms with Crippen LogP contribution in [0.1, 0.15) is 10.8 Å². The van der Waals surface area contributed by atoms with Gasteiger partial charge in [-0.05, 0) is 66.3 Å². The van der Waals surface area contributed by atoms with Crippen LogP contribution < -0.4 is 16.0 Å². The number of aromatic nitrogens is 1. The molecule has 10 heteroatoms. The van der Waals surface area contributed by atoms with Crippen LogP contribution in [-0.2, 0) is 4.79 Å². The van der Waals surface area contributed by atoms with Gasteiger partial charge in [0.1, 0.15) is 5.25 Å². The smallest absolute Gasteiger partial charge is 0.244 e. The van der Waals surface area contributed by atoms with Crippen molar-refractivity contribution in [2.45, 2.75) is 10.1 Å². The van der Waals surface area contributed by atoms with Crippen LogP contribution in [0.4, 0.5) is 16.5 Å². The molecule has 0 bridgehead atoms. The molecule has 0 radical (unpaired) electrons. The zero-order valence-electron chi connectivity index (χ0n) is 20.8. The van der Waals surface area contributed by atoms with E-state index in [2.05, 4.69) is 20.9 Å². The van der Waals surface area contributed by atoms with Crippen molar-refractivity contribution in [3.63, 3.8) is 0 Å². The Bertz CT molecular complexity index is 1630. The normalized spacial score (nSPS) is 11.4. The summed E-state index contributed by atoms with van der Waals surface area (Å²) in [5.41, 5.74) is 4.01. The van der Waals surface area contributed by atoms with Gasteiger partial charge in [-0.3, -0.25) is 4.79 Å². The second kappa shape index (κ2) is 13.3. The number of thioether (sulfide) groups is 1. The molecule has 0 saturated carbocycles. The molecule has 40 heavy (non-hydrogen) atoms. The molecule has 5 nitrogen and oxygen atoms in total. The molecule has 5 rings (SSSR count). The maximum Gasteiger partial charge on any atom is 0.244 e. The van der Waals surface area contributed by atoms with E-state index in [-0.39, 0.29) is 5.91 Å². The number of hydrogen-bond acceptors (Lipinski definition) is 5. The molecule has 200 valence electrons. The molecule has 0 aliphatic carbocycles. The summed E-state index contributed by atoms with van der Waals surface area (Å²) in [5.74, 6) is -0.182. The lowest BCUT2D eigenvalue weighted by Gasteiger charge is -2.17. The fourth-order valence-corrected chi connectivity index (χ4v) is 6.36. The summed E-state index contributed by atoms with van der Waals surface area (Å²) < 4.78 is 0. The summed E-state index contributed by atoms with van der Waals surface area (Å²) in [6.07, 6.45) is 0. The Morgan fingerprint density at radius 1 is 0.825 bits per heavy atom. The van der Waals surface area contributed by atoms with Gasteiger partial charge in [0, 0.05) is 32.2 Å². The van der Waals surface area contributed by atoms with Crippen LogP contribution in [-0.4, -0.2) is 16.0 Å². The molecule has 5 aromatic rings. The van der Waals surface area contributed by atoms with Gasteiger partial charge in [0.15, 0.2) is 10.2 Å². The van der Waals surface area contributed by atoms with E-state index in [0.29, 0.717) is 26.0 Å². The third kappa shape index (κ3) is 7.41. The molecule has 1 amide bonds. The molecule has 4 aromatic carbocycles. The van der Waals surface area contributed by atoms with Gasteiger partial charge in [0.2, 0.25) is 5.91 Å². The van der Waals surface area contributed by atoms with Crippen molar-refractivity contribution in [3.8, 4) is 11.3 Å². The first-order valence-electron chi connectivity index (χ1n) is 12.1. The summed E-state index contributed by atoms with van der Waals surface area (Å²) in [6, 6.07) is 32.4. The predicted octanol–water partition coefficient (Wildman–Crippen LogP) is 9.40. The van der Waals surface area contributed by atoms with E-state index in [1.54, 1.807) is 12.1 Å². The van der Waals surface area contributed by atoms with Crippen LogP contribution in [0, 0.1) is 0 Å². The van der Waals surface area contributed by atoms with Crippen LogP contribution in [0.2, 0.25) is 10.0 Å². The van der Waals surface area contributed by atoms with E-state index < -0.39 is 5.25 Å². The standard InChI is InChI=1S/C30H22Cl2N4OS3/c31-20-14-15-24(25(32)16-20)26-18-39-30(35-26)36-28(37)27(19-8-3-1-4-9-19)40-23-13-7-12-22(17-23)34-29(38)33-21-10-5-2-6-11-21/h1-18,27H,(H2,33,34,38)(H,35,36,37). The topological polar surface area (TPSA) is 66.0 Å². The number of halogens is 2. The molecule has 1 heterocycles. The summed E-state index contributed by atoms with van der Waals surface area (Å²) >= 11 is 20.7. The zero-order chi connectivity index (χ0) is 27.9. The second-order valence-electron chi connectivity index (χ2n) is 8.53. The average Bonchev–Trinajstić information content (AvgIpc) is 3.40. The average molecular weight is 622 g/mol. The lowest BCUT2D eigenvalue weighted by molar-refractivity contribution is -0.115. The van der Waals surface area contributed by atoms with Gasteiger partial charge >= 0.3 is 0 Å². The van der Waals surface area contributed by atoms with Gasteiger partial charge in [-0.15, -0.1) is 23.1 Å². The highest BCUT2D eigenvalue weighted by molar-refractivity contribution is 8.00. The van der Waals surface area contributed by atoms with Crippen LogP contribution in [0.3, 0.4) is 0 Å². The molecule has 0 spiro atoms. The van der Waals surface area contributed by atoms with Gasteiger partial charge in [0.25, 0.3) is 0 Å². The van der Waals surface area contributed by atoms with Crippen molar-refractivity contribution in [3.05, 3.63) is 124 Å².